The van der Waals surface area contributed by atoms with Crippen LogP contribution < -0.4 is 10.6 Å². The van der Waals surface area contributed by atoms with Gasteiger partial charge in [-0.1, -0.05) is 30.3 Å². The van der Waals surface area contributed by atoms with Crippen molar-refractivity contribution in [2.75, 3.05) is 26.2 Å². The van der Waals surface area contributed by atoms with Crippen LogP contribution in [0, 0.1) is 0 Å². The molecule has 2 aliphatic heterocycles. The van der Waals surface area contributed by atoms with Crippen molar-refractivity contribution in [2.45, 2.75) is 43.9 Å². The van der Waals surface area contributed by atoms with Crippen molar-refractivity contribution in [1.29, 1.82) is 0 Å². The molecule has 0 bridgehead atoms. The largest absolute Gasteiger partial charge is 0.353 e. The first-order chi connectivity index (χ1) is 12.7. The zero-order valence-electron chi connectivity index (χ0n) is 15.1. The molecule has 1 atom stereocenters. The van der Waals surface area contributed by atoms with Crippen LogP contribution in [0.3, 0.4) is 0 Å². The second-order valence-electron chi connectivity index (χ2n) is 6.93. The molecule has 2 saturated heterocycles. The van der Waals surface area contributed by atoms with E-state index in [2.05, 4.69) is 22.8 Å². The first-order valence-electron chi connectivity index (χ1n) is 9.41. The van der Waals surface area contributed by atoms with Crippen LogP contribution in [0.4, 0.5) is 4.79 Å². The summed E-state index contributed by atoms with van der Waals surface area (Å²) in [7, 11) is 0. The van der Waals surface area contributed by atoms with Crippen LogP contribution in [0.2, 0.25) is 0 Å². The number of carbonyl (C=O) groups excluding carboxylic acids is 2. The molecule has 6 heteroatoms. The number of rotatable bonds is 5. The summed E-state index contributed by atoms with van der Waals surface area (Å²) < 4.78 is 5.72. The van der Waals surface area contributed by atoms with Gasteiger partial charge in [0.05, 0.1) is 12.1 Å². The fraction of sp³-hybridized carbons (Fsp3) is 0.550. The zero-order valence-corrected chi connectivity index (χ0v) is 15.1. The molecule has 2 amide bonds. The minimum atomic E-state index is -0.353. The predicted molar refractivity (Wildman–Crippen MR) is 99.3 cm³/mol. The SMILES string of the molecule is O=C=CCOC1CCCCN1C(=O)NC1(c2ccccc2)CCNCC1. The maximum atomic E-state index is 13.1. The highest BCUT2D eigenvalue weighted by atomic mass is 16.5. The standard InChI is InChI=1S/C20H27N3O3/c24-15-6-16-26-18-9-4-5-14-23(18)19(25)22-20(10-12-21-13-11-20)17-7-2-1-3-8-17/h1-3,6-8,18,21H,4-5,9-14,16H2,(H,22,25). The third-order valence-electron chi connectivity index (χ3n) is 5.29. The van der Waals surface area contributed by atoms with Crippen LogP contribution in [0.25, 0.3) is 0 Å². The Morgan fingerprint density at radius 2 is 2.08 bits per heavy atom. The fourth-order valence-corrected chi connectivity index (χ4v) is 3.87. The van der Waals surface area contributed by atoms with E-state index < -0.39 is 0 Å². The van der Waals surface area contributed by atoms with E-state index in [4.69, 9.17) is 4.74 Å². The highest BCUT2D eigenvalue weighted by Crippen LogP contribution is 2.31. The summed E-state index contributed by atoms with van der Waals surface area (Å²) in [6, 6.07) is 10.1. The van der Waals surface area contributed by atoms with Crippen LogP contribution in [0.1, 0.15) is 37.7 Å². The Hall–Kier alpha value is -2.14. The van der Waals surface area contributed by atoms with Crippen molar-refractivity contribution in [3.8, 4) is 0 Å². The summed E-state index contributed by atoms with van der Waals surface area (Å²) in [5, 5.41) is 6.69. The lowest BCUT2D eigenvalue weighted by atomic mass is 9.81. The maximum Gasteiger partial charge on any atom is 0.320 e. The van der Waals surface area contributed by atoms with Gasteiger partial charge >= 0.3 is 6.03 Å². The Bertz CT molecular complexity index is 637. The summed E-state index contributed by atoms with van der Waals surface area (Å²) in [5.74, 6) is 1.72. The van der Waals surface area contributed by atoms with Gasteiger partial charge in [-0.05, 0) is 50.8 Å². The molecule has 0 aromatic heterocycles. The lowest BCUT2D eigenvalue weighted by molar-refractivity contribution is -0.0473. The first kappa shape index (κ1) is 18.6. The van der Waals surface area contributed by atoms with Gasteiger partial charge in [0.25, 0.3) is 0 Å². The monoisotopic (exact) mass is 357 g/mol. The van der Waals surface area contributed by atoms with Crippen molar-refractivity contribution in [3.05, 3.63) is 42.0 Å². The number of ether oxygens (including phenoxy) is 1. The number of hydrogen-bond donors (Lipinski definition) is 2. The van der Waals surface area contributed by atoms with Crippen LogP contribution in [0.5, 0.6) is 0 Å². The van der Waals surface area contributed by atoms with Crippen LogP contribution in [0.15, 0.2) is 36.4 Å². The van der Waals surface area contributed by atoms with Gasteiger partial charge in [0, 0.05) is 12.6 Å². The summed E-state index contributed by atoms with van der Waals surface area (Å²) in [6.07, 6.45) is 5.52. The first-order valence-corrected chi connectivity index (χ1v) is 9.41. The fourth-order valence-electron chi connectivity index (χ4n) is 3.87. The molecule has 1 aromatic rings. The van der Waals surface area contributed by atoms with Crippen LogP contribution in [-0.4, -0.2) is 49.3 Å². The number of nitrogens with one attached hydrogen (secondary N) is 2. The normalized spacial score (nSPS) is 22.3. The van der Waals surface area contributed by atoms with E-state index in [-0.39, 0.29) is 24.4 Å². The second kappa shape index (κ2) is 8.99. The number of nitrogens with zero attached hydrogens (tertiary/aromatic N) is 1. The smallest absolute Gasteiger partial charge is 0.320 e. The lowest BCUT2D eigenvalue weighted by Gasteiger charge is -2.42. The Labute approximate surface area is 154 Å². The minimum Gasteiger partial charge on any atom is -0.353 e. The quantitative estimate of drug-likeness (QED) is 0.793. The predicted octanol–water partition coefficient (Wildman–Crippen LogP) is 2.19. The lowest BCUT2D eigenvalue weighted by Crippen LogP contribution is -2.58. The van der Waals surface area contributed by atoms with E-state index in [0.717, 1.165) is 50.8 Å². The van der Waals surface area contributed by atoms with Crippen molar-refractivity contribution >= 4 is 12.0 Å². The van der Waals surface area contributed by atoms with Crippen molar-refractivity contribution in [1.82, 2.24) is 15.5 Å². The molecule has 1 unspecified atom stereocenters. The van der Waals surface area contributed by atoms with Gasteiger partial charge in [-0.15, -0.1) is 0 Å². The van der Waals surface area contributed by atoms with Gasteiger partial charge in [-0.3, -0.25) is 4.90 Å². The number of hydrogen-bond acceptors (Lipinski definition) is 4. The third-order valence-corrected chi connectivity index (χ3v) is 5.29. The number of piperidine rings is 2. The van der Waals surface area contributed by atoms with Gasteiger partial charge in [0.15, 0.2) is 0 Å². The van der Waals surface area contributed by atoms with E-state index >= 15 is 0 Å². The minimum absolute atomic E-state index is 0.0875. The molecule has 0 radical (unpaired) electrons. The van der Waals surface area contributed by atoms with Crippen molar-refractivity contribution < 1.29 is 14.3 Å². The molecular weight excluding hydrogens is 330 g/mol. The summed E-state index contributed by atoms with van der Waals surface area (Å²) >= 11 is 0. The molecule has 2 N–H and O–H groups in total. The highest BCUT2D eigenvalue weighted by molar-refractivity contribution is 5.75. The number of likely N-dealkylation sites (tertiary alicyclic amines) is 1. The molecule has 2 heterocycles. The van der Waals surface area contributed by atoms with Gasteiger partial charge in [-0.25, -0.2) is 9.59 Å². The molecule has 2 aliphatic rings. The van der Waals surface area contributed by atoms with Crippen LogP contribution >= 0.6 is 0 Å². The Balaban J connectivity index is 1.75. The molecule has 3 rings (SSSR count). The maximum absolute atomic E-state index is 13.1. The average Bonchev–Trinajstić information content (AvgIpc) is 2.70. The molecule has 0 saturated carbocycles. The summed E-state index contributed by atoms with van der Waals surface area (Å²) in [4.78, 5) is 25.3. The van der Waals surface area contributed by atoms with Crippen molar-refractivity contribution in [2.24, 2.45) is 0 Å². The average molecular weight is 357 g/mol. The topological polar surface area (TPSA) is 70.7 Å². The van der Waals surface area contributed by atoms with E-state index in [1.807, 2.05) is 18.2 Å². The highest BCUT2D eigenvalue weighted by Gasteiger charge is 2.38. The van der Waals surface area contributed by atoms with E-state index in [1.54, 1.807) is 10.8 Å². The van der Waals surface area contributed by atoms with Gasteiger partial charge in [0.1, 0.15) is 12.2 Å². The third kappa shape index (κ3) is 4.33. The van der Waals surface area contributed by atoms with Crippen LogP contribution in [-0.2, 0) is 15.1 Å². The van der Waals surface area contributed by atoms with E-state index in [0.29, 0.717) is 6.54 Å². The molecule has 6 nitrogen and oxygen atoms in total. The van der Waals surface area contributed by atoms with Gasteiger partial charge < -0.3 is 15.4 Å². The molecule has 2 fully saturated rings. The van der Waals surface area contributed by atoms with Gasteiger partial charge in [-0.2, -0.15) is 0 Å². The molecule has 0 spiro atoms. The van der Waals surface area contributed by atoms with Crippen molar-refractivity contribution in [3.63, 3.8) is 0 Å². The Morgan fingerprint density at radius 3 is 2.81 bits per heavy atom. The zero-order chi connectivity index (χ0) is 18.2. The number of amides is 2. The Morgan fingerprint density at radius 1 is 1.31 bits per heavy atom. The number of benzene rings is 1. The Kier molecular flexibility index (Phi) is 6.45. The summed E-state index contributed by atoms with van der Waals surface area (Å²) in [6.45, 7) is 2.61. The van der Waals surface area contributed by atoms with Gasteiger partial charge in [0.2, 0.25) is 0 Å². The number of urea groups is 1. The molecular formula is C20H27N3O3. The molecule has 140 valence electrons. The van der Waals surface area contributed by atoms with E-state index in [9.17, 15) is 9.59 Å². The second-order valence-corrected chi connectivity index (χ2v) is 6.93. The van der Waals surface area contributed by atoms with E-state index in [1.165, 1.54) is 6.08 Å². The number of carbonyl (C=O) groups is 1. The summed E-state index contributed by atoms with van der Waals surface area (Å²) in [5.41, 5.74) is 0.794. The molecule has 0 aliphatic carbocycles. The molecule has 26 heavy (non-hydrogen) atoms. The molecule has 1 aromatic carbocycles.